The minimum absolute atomic E-state index is 0.107. The number of amides is 3. The van der Waals surface area contributed by atoms with Gasteiger partial charge in [0.15, 0.2) is 6.04 Å². The smallest absolute Gasteiger partial charge is 0.408 e. The van der Waals surface area contributed by atoms with E-state index in [4.69, 9.17) is 15.3 Å². The molecule has 1 aromatic rings. The van der Waals surface area contributed by atoms with E-state index in [1.165, 1.54) is 0 Å². The van der Waals surface area contributed by atoms with Crippen LogP contribution in [0, 0.1) is 0 Å². The van der Waals surface area contributed by atoms with Crippen LogP contribution in [0.4, 0.5) is 4.79 Å². The summed E-state index contributed by atoms with van der Waals surface area (Å²) in [4.78, 5) is 40.8. The topological polar surface area (TPSA) is 111 Å². The van der Waals surface area contributed by atoms with Crippen LogP contribution < -0.4 is 11.1 Å². The number of hydrogen-bond acceptors (Lipinski definition) is 5. The maximum absolute atomic E-state index is 12.1. The zero-order valence-electron chi connectivity index (χ0n) is 13.8. The summed E-state index contributed by atoms with van der Waals surface area (Å²) < 4.78 is 5.07. The number of benzene rings is 1. The van der Waals surface area contributed by atoms with Crippen molar-refractivity contribution in [2.24, 2.45) is 5.73 Å². The predicted octanol–water partition coefficient (Wildman–Crippen LogP) is 0.708. The fraction of sp³-hybridized carbons (Fsp3) is 0.438. The number of nitrogens with two attached hydrogens (primary N) is 1. The molecule has 1 fully saturated rings. The largest absolute Gasteiger partial charge is 0.444 e. The third kappa shape index (κ3) is 4.23. The van der Waals surface area contributed by atoms with Crippen molar-refractivity contribution >= 4 is 17.9 Å². The molecule has 3 amide bonds. The highest BCUT2D eigenvalue weighted by molar-refractivity contribution is 6.01. The minimum Gasteiger partial charge on any atom is -0.444 e. The Labute approximate surface area is 139 Å². The van der Waals surface area contributed by atoms with Crippen LogP contribution in [0.25, 0.3) is 0 Å². The van der Waals surface area contributed by atoms with Crippen molar-refractivity contribution < 1.29 is 24.0 Å². The van der Waals surface area contributed by atoms with Crippen molar-refractivity contribution in [1.29, 1.82) is 0 Å². The van der Waals surface area contributed by atoms with Crippen LogP contribution in [0.3, 0.4) is 0 Å². The number of alkyl carbamates (subject to hydrolysis) is 1. The summed E-state index contributed by atoms with van der Waals surface area (Å²) in [6.07, 6.45) is -0.796. The van der Waals surface area contributed by atoms with E-state index < -0.39 is 35.6 Å². The van der Waals surface area contributed by atoms with Gasteiger partial charge in [-0.1, -0.05) is 30.3 Å². The molecule has 0 saturated carbocycles. The number of hydroxylamine groups is 2. The SMILES string of the molecule is CC(C)(C)OC(=O)N[C@H]1C(=O)N(OCc2ccccc2)[C@@H]1C(N)=O. The molecule has 130 valence electrons. The van der Waals surface area contributed by atoms with Crippen molar-refractivity contribution in [3.63, 3.8) is 0 Å². The molecule has 24 heavy (non-hydrogen) atoms. The number of hydrogen-bond donors (Lipinski definition) is 2. The van der Waals surface area contributed by atoms with E-state index in [0.29, 0.717) is 0 Å². The van der Waals surface area contributed by atoms with E-state index in [-0.39, 0.29) is 6.61 Å². The molecule has 1 saturated heterocycles. The van der Waals surface area contributed by atoms with Crippen LogP contribution in [0.1, 0.15) is 26.3 Å². The summed E-state index contributed by atoms with van der Waals surface area (Å²) >= 11 is 0. The third-order valence-electron chi connectivity index (χ3n) is 3.23. The van der Waals surface area contributed by atoms with Gasteiger partial charge in [0.2, 0.25) is 5.91 Å². The minimum atomic E-state index is -1.09. The fourth-order valence-corrected chi connectivity index (χ4v) is 2.18. The summed E-state index contributed by atoms with van der Waals surface area (Å²) in [7, 11) is 0. The van der Waals surface area contributed by atoms with Crippen LogP contribution in [0.5, 0.6) is 0 Å². The van der Waals surface area contributed by atoms with Crippen molar-refractivity contribution in [1.82, 2.24) is 10.4 Å². The monoisotopic (exact) mass is 335 g/mol. The van der Waals surface area contributed by atoms with Crippen molar-refractivity contribution in [2.75, 3.05) is 0 Å². The second-order valence-electron chi connectivity index (χ2n) is 6.39. The van der Waals surface area contributed by atoms with E-state index >= 15 is 0 Å². The molecule has 0 bridgehead atoms. The Kier molecular flexibility index (Phi) is 5.08. The quantitative estimate of drug-likeness (QED) is 0.770. The number of primary amides is 1. The molecule has 0 radical (unpaired) electrons. The van der Waals surface area contributed by atoms with E-state index in [9.17, 15) is 14.4 Å². The lowest BCUT2D eigenvalue weighted by Gasteiger charge is -2.43. The second kappa shape index (κ2) is 6.88. The van der Waals surface area contributed by atoms with Gasteiger partial charge in [0, 0.05) is 0 Å². The Balaban J connectivity index is 1.96. The van der Waals surface area contributed by atoms with Crippen molar-refractivity contribution in [3.8, 4) is 0 Å². The summed E-state index contributed by atoms with van der Waals surface area (Å²) in [5.41, 5.74) is 5.42. The Hall–Kier alpha value is -2.61. The predicted molar refractivity (Wildman–Crippen MR) is 84.2 cm³/mol. The van der Waals surface area contributed by atoms with Gasteiger partial charge >= 0.3 is 6.09 Å². The zero-order valence-corrected chi connectivity index (χ0v) is 13.8. The molecule has 1 heterocycles. The average Bonchev–Trinajstić information content (AvgIpc) is 2.48. The molecule has 0 spiro atoms. The first kappa shape index (κ1) is 17.7. The molecular formula is C16H21N3O5. The molecule has 1 aliphatic rings. The molecule has 0 aliphatic carbocycles. The number of carbonyl (C=O) groups is 3. The lowest BCUT2D eigenvalue weighted by atomic mass is 9.98. The molecule has 3 N–H and O–H groups in total. The summed E-state index contributed by atoms with van der Waals surface area (Å²) in [5.74, 6) is -1.33. The summed E-state index contributed by atoms with van der Waals surface area (Å²) in [6.45, 7) is 5.18. The summed E-state index contributed by atoms with van der Waals surface area (Å²) in [5, 5.41) is 3.24. The number of rotatable bonds is 5. The molecule has 8 nitrogen and oxygen atoms in total. The highest BCUT2D eigenvalue weighted by atomic mass is 16.7. The lowest BCUT2D eigenvalue weighted by molar-refractivity contribution is -0.237. The Bertz CT molecular complexity index is 626. The Morgan fingerprint density at radius 1 is 1.25 bits per heavy atom. The summed E-state index contributed by atoms with van der Waals surface area (Å²) in [6, 6.07) is 6.98. The number of β-lactam (4-membered cyclic amide) rings is 1. The molecule has 8 heteroatoms. The maximum Gasteiger partial charge on any atom is 0.408 e. The fourth-order valence-electron chi connectivity index (χ4n) is 2.18. The van der Waals surface area contributed by atoms with Gasteiger partial charge in [0.05, 0.1) is 0 Å². The van der Waals surface area contributed by atoms with Gasteiger partial charge in [-0.2, -0.15) is 0 Å². The first-order valence-corrected chi connectivity index (χ1v) is 7.48. The van der Waals surface area contributed by atoms with Gasteiger partial charge < -0.3 is 15.8 Å². The van der Waals surface area contributed by atoms with Gasteiger partial charge in [-0.15, -0.1) is 0 Å². The third-order valence-corrected chi connectivity index (χ3v) is 3.23. The average molecular weight is 335 g/mol. The van der Waals surface area contributed by atoms with Gasteiger partial charge in [-0.05, 0) is 26.3 Å². The Morgan fingerprint density at radius 2 is 1.88 bits per heavy atom. The van der Waals surface area contributed by atoms with Crippen LogP contribution in [-0.2, 0) is 25.8 Å². The molecule has 1 aliphatic heterocycles. The molecule has 1 aromatic carbocycles. The first-order valence-electron chi connectivity index (χ1n) is 7.48. The van der Waals surface area contributed by atoms with Crippen LogP contribution >= 0.6 is 0 Å². The number of carbonyl (C=O) groups excluding carboxylic acids is 3. The van der Waals surface area contributed by atoms with E-state index in [1.54, 1.807) is 20.8 Å². The highest BCUT2D eigenvalue weighted by Gasteiger charge is 2.53. The maximum atomic E-state index is 12.1. The second-order valence-corrected chi connectivity index (χ2v) is 6.39. The van der Waals surface area contributed by atoms with Crippen LogP contribution in [0.2, 0.25) is 0 Å². The molecule has 2 rings (SSSR count). The normalized spacial score (nSPS) is 20.3. The molecule has 0 unspecified atom stereocenters. The molecule has 2 atom stereocenters. The van der Waals surface area contributed by atoms with Crippen molar-refractivity contribution in [3.05, 3.63) is 35.9 Å². The number of nitrogens with one attached hydrogen (secondary N) is 1. The van der Waals surface area contributed by atoms with Crippen LogP contribution in [-0.4, -0.2) is 40.7 Å². The van der Waals surface area contributed by atoms with Crippen molar-refractivity contribution in [2.45, 2.75) is 45.1 Å². The van der Waals surface area contributed by atoms with E-state index in [1.807, 2.05) is 30.3 Å². The lowest BCUT2D eigenvalue weighted by Crippen LogP contribution is -2.74. The van der Waals surface area contributed by atoms with E-state index in [0.717, 1.165) is 10.6 Å². The molecular weight excluding hydrogens is 314 g/mol. The zero-order chi connectivity index (χ0) is 17.9. The van der Waals surface area contributed by atoms with Gasteiger partial charge in [-0.25, -0.2) is 9.86 Å². The van der Waals surface area contributed by atoms with E-state index in [2.05, 4.69) is 5.32 Å². The highest BCUT2D eigenvalue weighted by Crippen LogP contribution is 2.22. The number of ether oxygens (including phenoxy) is 1. The van der Waals surface area contributed by atoms with Crippen LogP contribution in [0.15, 0.2) is 30.3 Å². The van der Waals surface area contributed by atoms with Gasteiger partial charge in [-0.3, -0.25) is 14.4 Å². The van der Waals surface area contributed by atoms with Gasteiger partial charge in [0.25, 0.3) is 5.91 Å². The standard InChI is InChI=1S/C16H21N3O5/c1-16(2,3)24-15(22)18-11-12(13(17)20)19(14(11)21)23-9-10-7-5-4-6-8-10/h4-8,11-12H,9H2,1-3H3,(H2,17,20)(H,18,22)/t11-,12+/m1/s1. The van der Waals surface area contributed by atoms with Gasteiger partial charge in [0.1, 0.15) is 18.2 Å². The molecule has 0 aromatic heterocycles. The number of nitrogens with zero attached hydrogens (tertiary/aromatic N) is 1. The Morgan fingerprint density at radius 3 is 2.42 bits per heavy atom. The first-order chi connectivity index (χ1) is 11.2.